The van der Waals surface area contributed by atoms with Crippen molar-refractivity contribution in [1.82, 2.24) is 9.55 Å². The summed E-state index contributed by atoms with van der Waals surface area (Å²) >= 11 is 6.50. The van der Waals surface area contributed by atoms with Gasteiger partial charge in [0.15, 0.2) is 0 Å². The Labute approximate surface area is 113 Å². The number of aryl methyl sites for hydroxylation is 3. The van der Waals surface area contributed by atoms with E-state index >= 15 is 0 Å². The second kappa shape index (κ2) is 4.44. The van der Waals surface area contributed by atoms with Crippen molar-refractivity contribution in [3.63, 3.8) is 0 Å². The topological polar surface area (TPSA) is 60.9 Å². The molecule has 1 aliphatic carbocycles. The minimum Gasteiger partial charge on any atom is -0.393 e. The summed E-state index contributed by atoms with van der Waals surface area (Å²) < 4.78 is 1.62. The number of hydrogen-bond donors (Lipinski definition) is 1. The standard InChI is InChI=1S/C12H13N3OS2/c13-9(17)4-5-15-6-14-11-10(12(15)16)7-2-1-3-8(7)18-11/h6H,1-5H2,(H2,13,17). The smallest absolute Gasteiger partial charge is 0.262 e. The molecular formula is C12H13N3OS2. The molecule has 4 nitrogen and oxygen atoms in total. The molecule has 3 rings (SSSR count). The predicted octanol–water partition coefficient (Wildman–Crippen LogP) is 1.62. The van der Waals surface area contributed by atoms with E-state index in [2.05, 4.69) is 4.98 Å². The SMILES string of the molecule is NC(=S)CCn1cnc2sc3c(c2c1=O)CCC3. The van der Waals surface area contributed by atoms with Gasteiger partial charge in [-0.05, 0) is 24.8 Å². The molecule has 0 fully saturated rings. The van der Waals surface area contributed by atoms with Gasteiger partial charge >= 0.3 is 0 Å². The lowest BCUT2D eigenvalue weighted by Crippen LogP contribution is -2.23. The number of thiocarbonyl (C=S) groups is 1. The number of nitrogens with zero attached hydrogens (tertiary/aromatic N) is 2. The Kier molecular flexibility index (Phi) is 2.91. The predicted molar refractivity (Wildman–Crippen MR) is 77.3 cm³/mol. The molecule has 0 radical (unpaired) electrons. The lowest BCUT2D eigenvalue weighted by Gasteiger charge is -2.04. The maximum Gasteiger partial charge on any atom is 0.262 e. The Morgan fingerprint density at radius 2 is 2.39 bits per heavy atom. The van der Waals surface area contributed by atoms with Crippen molar-refractivity contribution < 1.29 is 0 Å². The van der Waals surface area contributed by atoms with Crippen LogP contribution in [0.3, 0.4) is 0 Å². The van der Waals surface area contributed by atoms with Crippen molar-refractivity contribution in [2.45, 2.75) is 32.2 Å². The van der Waals surface area contributed by atoms with E-state index < -0.39 is 0 Å². The third kappa shape index (κ3) is 1.85. The summed E-state index contributed by atoms with van der Waals surface area (Å²) in [5.41, 5.74) is 6.74. The molecule has 2 aromatic rings. The minimum absolute atomic E-state index is 0.0515. The first-order valence-corrected chi connectivity index (χ1v) is 7.17. The monoisotopic (exact) mass is 279 g/mol. The van der Waals surface area contributed by atoms with E-state index in [9.17, 15) is 4.79 Å². The highest BCUT2D eigenvalue weighted by Gasteiger charge is 2.21. The highest BCUT2D eigenvalue weighted by Crippen LogP contribution is 2.34. The lowest BCUT2D eigenvalue weighted by molar-refractivity contribution is 0.688. The zero-order valence-corrected chi connectivity index (χ0v) is 11.4. The Morgan fingerprint density at radius 3 is 3.17 bits per heavy atom. The first-order chi connectivity index (χ1) is 8.66. The fourth-order valence-electron chi connectivity index (χ4n) is 2.41. The number of hydrogen-bond acceptors (Lipinski definition) is 4. The Hall–Kier alpha value is -1.27. The normalized spacial score (nSPS) is 14.0. The number of nitrogens with two attached hydrogens (primary N) is 1. The van der Waals surface area contributed by atoms with Gasteiger partial charge in [0.1, 0.15) is 4.83 Å². The Balaban J connectivity index is 2.10. The molecule has 0 bridgehead atoms. The van der Waals surface area contributed by atoms with Crippen molar-refractivity contribution in [2.24, 2.45) is 5.73 Å². The summed E-state index contributed by atoms with van der Waals surface area (Å²) in [6.07, 6.45) is 5.38. The van der Waals surface area contributed by atoms with Crippen molar-refractivity contribution in [3.8, 4) is 0 Å². The fourth-order valence-corrected chi connectivity index (χ4v) is 3.72. The Morgan fingerprint density at radius 1 is 1.56 bits per heavy atom. The van der Waals surface area contributed by atoms with Crippen molar-refractivity contribution in [3.05, 3.63) is 27.1 Å². The third-order valence-electron chi connectivity index (χ3n) is 3.29. The minimum atomic E-state index is 0.0515. The van der Waals surface area contributed by atoms with Gasteiger partial charge in [-0.15, -0.1) is 11.3 Å². The van der Waals surface area contributed by atoms with Crippen LogP contribution in [-0.4, -0.2) is 14.5 Å². The van der Waals surface area contributed by atoms with Crippen LogP contribution in [0.15, 0.2) is 11.1 Å². The van der Waals surface area contributed by atoms with Crippen molar-refractivity contribution in [2.75, 3.05) is 0 Å². The van der Waals surface area contributed by atoms with Gasteiger partial charge in [-0.2, -0.15) is 0 Å². The summed E-state index contributed by atoms with van der Waals surface area (Å²) in [4.78, 5) is 19.4. The maximum atomic E-state index is 12.4. The second-order valence-corrected chi connectivity index (χ2v) is 6.10. The van der Waals surface area contributed by atoms with Gasteiger partial charge in [-0.1, -0.05) is 12.2 Å². The molecule has 2 N–H and O–H groups in total. The maximum absolute atomic E-state index is 12.4. The summed E-state index contributed by atoms with van der Waals surface area (Å²) in [5.74, 6) is 0. The van der Waals surface area contributed by atoms with E-state index in [1.165, 1.54) is 10.4 Å². The summed E-state index contributed by atoms with van der Waals surface area (Å²) in [5, 5.41) is 0.818. The van der Waals surface area contributed by atoms with Crippen molar-refractivity contribution in [1.29, 1.82) is 0 Å². The molecule has 2 heterocycles. The molecule has 0 aromatic carbocycles. The van der Waals surface area contributed by atoms with Crippen LogP contribution in [-0.2, 0) is 19.4 Å². The zero-order chi connectivity index (χ0) is 12.7. The average Bonchev–Trinajstić information content (AvgIpc) is 2.87. The van der Waals surface area contributed by atoms with E-state index in [1.54, 1.807) is 22.2 Å². The first kappa shape index (κ1) is 11.8. The van der Waals surface area contributed by atoms with Crippen LogP contribution in [0.4, 0.5) is 0 Å². The molecule has 0 saturated carbocycles. The first-order valence-electron chi connectivity index (χ1n) is 5.95. The van der Waals surface area contributed by atoms with Crippen molar-refractivity contribution >= 4 is 38.8 Å². The largest absolute Gasteiger partial charge is 0.393 e. The van der Waals surface area contributed by atoms with Crippen LogP contribution in [0.5, 0.6) is 0 Å². The molecule has 94 valence electrons. The average molecular weight is 279 g/mol. The van der Waals surface area contributed by atoms with E-state index in [4.69, 9.17) is 18.0 Å². The molecular weight excluding hydrogens is 266 g/mol. The van der Waals surface area contributed by atoms with Gasteiger partial charge in [0.25, 0.3) is 5.56 Å². The van der Waals surface area contributed by atoms with Crippen LogP contribution >= 0.6 is 23.6 Å². The quantitative estimate of drug-likeness (QED) is 0.867. The summed E-state index contributed by atoms with van der Waals surface area (Å²) in [6.45, 7) is 0.516. The highest BCUT2D eigenvalue weighted by atomic mass is 32.1. The van der Waals surface area contributed by atoms with Gasteiger partial charge < -0.3 is 5.73 Å². The Bertz CT molecular complexity index is 686. The zero-order valence-electron chi connectivity index (χ0n) is 9.81. The number of fused-ring (bicyclic) bond motifs is 3. The highest BCUT2D eigenvalue weighted by molar-refractivity contribution is 7.80. The molecule has 0 spiro atoms. The fraction of sp³-hybridized carbons (Fsp3) is 0.417. The van der Waals surface area contributed by atoms with E-state index in [1.807, 2.05) is 0 Å². The third-order valence-corrected chi connectivity index (χ3v) is 4.69. The summed E-state index contributed by atoms with van der Waals surface area (Å²) in [6, 6.07) is 0. The number of thiophene rings is 1. The molecule has 0 unspecified atom stereocenters. The summed E-state index contributed by atoms with van der Waals surface area (Å²) in [7, 11) is 0. The van der Waals surface area contributed by atoms with Crippen LogP contribution in [0, 0.1) is 0 Å². The van der Waals surface area contributed by atoms with Crippen LogP contribution < -0.4 is 11.3 Å². The molecule has 0 aliphatic heterocycles. The van der Waals surface area contributed by atoms with Gasteiger partial charge in [0.2, 0.25) is 0 Å². The molecule has 2 aromatic heterocycles. The van der Waals surface area contributed by atoms with Gasteiger partial charge in [0, 0.05) is 17.8 Å². The molecule has 0 amide bonds. The van der Waals surface area contributed by atoms with E-state index in [0.29, 0.717) is 18.0 Å². The van der Waals surface area contributed by atoms with Crippen LogP contribution in [0.1, 0.15) is 23.3 Å². The van der Waals surface area contributed by atoms with Gasteiger partial charge in [-0.3, -0.25) is 9.36 Å². The van der Waals surface area contributed by atoms with Crippen LogP contribution in [0.25, 0.3) is 10.2 Å². The molecule has 0 saturated heterocycles. The second-order valence-electron chi connectivity index (χ2n) is 4.50. The lowest BCUT2D eigenvalue weighted by atomic mass is 10.2. The van der Waals surface area contributed by atoms with Gasteiger partial charge in [-0.25, -0.2) is 4.98 Å². The molecule has 1 aliphatic rings. The van der Waals surface area contributed by atoms with Gasteiger partial charge in [0.05, 0.1) is 16.7 Å². The number of rotatable bonds is 3. The molecule has 0 atom stereocenters. The van der Waals surface area contributed by atoms with E-state index in [0.717, 1.165) is 29.5 Å². The number of aromatic nitrogens is 2. The molecule has 6 heteroatoms. The van der Waals surface area contributed by atoms with Crippen LogP contribution in [0.2, 0.25) is 0 Å². The van der Waals surface area contributed by atoms with E-state index in [-0.39, 0.29) is 5.56 Å². The molecule has 18 heavy (non-hydrogen) atoms.